The van der Waals surface area contributed by atoms with Crippen LogP contribution in [0.3, 0.4) is 0 Å². The molecule has 0 saturated carbocycles. The summed E-state index contributed by atoms with van der Waals surface area (Å²) in [5, 5.41) is 3.29. The van der Waals surface area contributed by atoms with Gasteiger partial charge in [-0.05, 0) is 19.4 Å². The fourth-order valence-electron chi connectivity index (χ4n) is 2.17. The molecule has 0 aromatic heterocycles. The van der Waals surface area contributed by atoms with Crippen LogP contribution in [0.15, 0.2) is 0 Å². The molecule has 1 unspecified atom stereocenters. The van der Waals surface area contributed by atoms with Crippen molar-refractivity contribution in [3.8, 4) is 0 Å². The van der Waals surface area contributed by atoms with E-state index in [0.717, 1.165) is 32.7 Å². The Hall–Kier alpha value is -0.650. The molecular formula is C13H27N3O2. The van der Waals surface area contributed by atoms with Crippen LogP contribution in [-0.4, -0.2) is 68.8 Å². The van der Waals surface area contributed by atoms with Gasteiger partial charge in [-0.15, -0.1) is 0 Å². The Morgan fingerprint density at radius 2 is 2.22 bits per heavy atom. The first-order chi connectivity index (χ1) is 8.54. The van der Waals surface area contributed by atoms with Crippen LogP contribution in [0.2, 0.25) is 0 Å². The minimum Gasteiger partial charge on any atom is -0.383 e. The molecule has 18 heavy (non-hydrogen) atoms. The fraction of sp³-hybridized carbons (Fsp3) is 0.923. The van der Waals surface area contributed by atoms with E-state index in [4.69, 9.17) is 4.74 Å². The van der Waals surface area contributed by atoms with E-state index < -0.39 is 0 Å². The Kier molecular flexibility index (Phi) is 6.60. The molecule has 0 bridgehead atoms. The van der Waals surface area contributed by atoms with E-state index in [1.54, 1.807) is 7.11 Å². The molecule has 5 nitrogen and oxygen atoms in total. The summed E-state index contributed by atoms with van der Waals surface area (Å²) in [4.78, 5) is 16.0. The predicted molar refractivity (Wildman–Crippen MR) is 72.3 cm³/mol. The minimum absolute atomic E-state index is 0.216. The summed E-state index contributed by atoms with van der Waals surface area (Å²) >= 11 is 0. The number of ether oxygens (including phenoxy) is 1. The summed E-state index contributed by atoms with van der Waals surface area (Å²) in [7, 11) is 3.77. The SMILES string of the molecule is COCCN(C)CCN1C(=O)CNC1CC(C)C. The van der Waals surface area contributed by atoms with Crippen molar-refractivity contribution in [1.82, 2.24) is 15.1 Å². The maximum Gasteiger partial charge on any atom is 0.237 e. The van der Waals surface area contributed by atoms with Crippen LogP contribution < -0.4 is 5.32 Å². The lowest BCUT2D eigenvalue weighted by Gasteiger charge is -2.27. The molecule has 1 aliphatic rings. The zero-order valence-corrected chi connectivity index (χ0v) is 12.1. The first kappa shape index (κ1) is 15.4. The predicted octanol–water partition coefficient (Wildman–Crippen LogP) is 0.369. The van der Waals surface area contributed by atoms with E-state index in [1.165, 1.54) is 0 Å². The molecular weight excluding hydrogens is 230 g/mol. The minimum atomic E-state index is 0.216. The molecule has 1 rings (SSSR count). The van der Waals surface area contributed by atoms with Gasteiger partial charge in [-0.25, -0.2) is 0 Å². The van der Waals surface area contributed by atoms with Crippen molar-refractivity contribution in [2.75, 3.05) is 46.9 Å². The average Bonchev–Trinajstić information content (AvgIpc) is 2.64. The molecule has 106 valence electrons. The number of carbonyl (C=O) groups is 1. The normalized spacial score (nSPS) is 20.4. The zero-order chi connectivity index (χ0) is 13.5. The first-order valence-electron chi connectivity index (χ1n) is 6.75. The summed E-state index contributed by atoms with van der Waals surface area (Å²) in [6.07, 6.45) is 1.24. The number of rotatable bonds is 8. The number of carbonyl (C=O) groups excluding carboxylic acids is 1. The lowest BCUT2D eigenvalue weighted by molar-refractivity contribution is -0.128. The lowest BCUT2D eigenvalue weighted by Crippen LogP contribution is -2.42. The molecule has 0 aliphatic carbocycles. The molecule has 1 N–H and O–H groups in total. The van der Waals surface area contributed by atoms with Crippen LogP contribution in [0.5, 0.6) is 0 Å². The number of hydrogen-bond acceptors (Lipinski definition) is 4. The number of methoxy groups -OCH3 is 1. The van der Waals surface area contributed by atoms with Crippen LogP contribution >= 0.6 is 0 Å². The van der Waals surface area contributed by atoms with E-state index in [9.17, 15) is 4.79 Å². The molecule has 1 fully saturated rings. The second kappa shape index (κ2) is 7.71. The van der Waals surface area contributed by atoms with Gasteiger partial charge < -0.3 is 14.5 Å². The third-order valence-electron chi connectivity index (χ3n) is 3.28. The van der Waals surface area contributed by atoms with E-state index in [0.29, 0.717) is 12.5 Å². The Morgan fingerprint density at radius 3 is 2.83 bits per heavy atom. The standard InChI is InChI=1S/C13H27N3O2/c1-11(2)9-12-14-10-13(17)16(12)6-5-15(3)7-8-18-4/h11-12,14H,5-10H2,1-4H3. The highest BCUT2D eigenvalue weighted by atomic mass is 16.5. The van der Waals surface area contributed by atoms with Crippen LogP contribution in [0.4, 0.5) is 0 Å². The van der Waals surface area contributed by atoms with Crippen molar-refractivity contribution < 1.29 is 9.53 Å². The van der Waals surface area contributed by atoms with Gasteiger partial charge in [-0.2, -0.15) is 0 Å². The smallest absolute Gasteiger partial charge is 0.237 e. The fourth-order valence-corrected chi connectivity index (χ4v) is 2.17. The van der Waals surface area contributed by atoms with E-state index in [1.807, 2.05) is 4.90 Å². The molecule has 0 aromatic rings. The molecule has 0 aromatic carbocycles. The number of amides is 1. The molecule has 1 saturated heterocycles. The highest BCUT2D eigenvalue weighted by molar-refractivity contribution is 5.80. The van der Waals surface area contributed by atoms with Crippen molar-refractivity contribution in [2.45, 2.75) is 26.4 Å². The molecule has 0 radical (unpaired) electrons. The van der Waals surface area contributed by atoms with Gasteiger partial charge in [0.1, 0.15) is 0 Å². The van der Waals surface area contributed by atoms with Gasteiger partial charge in [-0.3, -0.25) is 10.1 Å². The van der Waals surface area contributed by atoms with Crippen LogP contribution in [-0.2, 0) is 9.53 Å². The first-order valence-corrected chi connectivity index (χ1v) is 6.75. The van der Waals surface area contributed by atoms with Gasteiger partial charge in [0, 0.05) is 26.7 Å². The maximum absolute atomic E-state index is 11.8. The second-order valence-electron chi connectivity index (χ2n) is 5.41. The van der Waals surface area contributed by atoms with E-state index in [-0.39, 0.29) is 12.1 Å². The lowest BCUT2D eigenvalue weighted by atomic mass is 10.1. The van der Waals surface area contributed by atoms with Crippen LogP contribution in [0.25, 0.3) is 0 Å². The van der Waals surface area contributed by atoms with Crippen LogP contribution in [0.1, 0.15) is 20.3 Å². The van der Waals surface area contributed by atoms with Crippen molar-refractivity contribution in [3.05, 3.63) is 0 Å². The topological polar surface area (TPSA) is 44.8 Å². The Balaban J connectivity index is 2.35. The number of hydrogen-bond donors (Lipinski definition) is 1. The molecule has 1 amide bonds. The molecule has 5 heteroatoms. The van der Waals surface area contributed by atoms with Gasteiger partial charge in [-0.1, -0.05) is 13.8 Å². The van der Waals surface area contributed by atoms with Crippen molar-refractivity contribution in [1.29, 1.82) is 0 Å². The highest BCUT2D eigenvalue weighted by Gasteiger charge is 2.30. The Bertz CT molecular complexity index is 259. The third-order valence-corrected chi connectivity index (χ3v) is 3.28. The van der Waals surface area contributed by atoms with Crippen molar-refractivity contribution in [3.63, 3.8) is 0 Å². The van der Waals surface area contributed by atoms with Crippen molar-refractivity contribution >= 4 is 5.91 Å². The number of likely N-dealkylation sites (N-methyl/N-ethyl adjacent to an activating group) is 1. The van der Waals surface area contributed by atoms with Gasteiger partial charge in [0.25, 0.3) is 0 Å². The zero-order valence-electron chi connectivity index (χ0n) is 12.1. The summed E-state index contributed by atoms with van der Waals surface area (Å²) in [5.74, 6) is 0.822. The largest absolute Gasteiger partial charge is 0.383 e. The summed E-state index contributed by atoms with van der Waals surface area (Å²) in [6, 6.07) is 0. The van der Waals surface area contributed by atoms with E-state index in [2.05, 4.69) is 31.1 Å². The van der Waals surface area contributed by atoms with Crippen molar-refractivity contribution in [2.24, 2.45) is 5.92 Å². The third kappa shape index (κ3) is 4.92. The van der Waals surface area contributed by atoms with Gasteiger partial charge in [0.15, 0.2) is 0 Å². The summed E-state index contributed by atoms with van der Waals surface area (Å²) < 4.78 is 5.04. The Labute approximate surface area is 110 Å². The second-order valence-corrected chi connectivity index (χ2v) is 5.41. The molecule has 0 spiro atoms. The Morgan fingerprint density at radius 1 is 1.50 bits per heavy atom. The molecule has 1 heterocycles. The van der Waals surface area contributed by atoms with Gasteiger partial charge in [0.05, 0.1) is 19.3 Å². The summed E-state index contributed by atoms with van der Waals surface area (Å²) in [5.41, 5.74) is 0. The number of nitrogens with zero attached hydrogens (tertiary/aromatic N) is 2. The average molecular weight is 257 g/mol. The highest BCUT2D eigenvalue weighted by Crippen LogP contribution is 2.13. The molecule has 1 atom stereocenters. The van der Waals surface area contributed by atoms with Crippen LogP contribution in [0, 0.1) is 5.92 Å². The monoisotopic (exact) mass is 257 g/mol. The van der Waals surface area contributed by atoms with E-state index >= 15 is 0 Å². The maximum atomic E-state index is 11.8. The van der Waals surface area contributed by atoms with Gasteiger partial charge in [0.2, 0.25) is 5.91 Å². The quantitative estimate of drug-likeness (QED) is 0.682. The summed E-state index contributed by atoms with van der Waals surface area (Å²) in [6.45, 7) is 8.19. The van der Waals surface area contributed by atoms with Gasteiger partial charge >= 0.3 is 0 Å². The number of nitrogens with one attached hydrogen (secondary N) is 1. The molecule has 1 aliphatic heterocycles.